The SMILES string of the molecule is O=C(NCCc1ccccc1F)C1CCN(C(=O)Cc2csc(N3CCCC3=O)n2)CC1. The number of halogens is 1. The van der Waals surface area contributed by atoms with Gasteiger partial charge in [0.05, 0.1) is 12.1 Å². The maximum Gasteiger partial charge on any atom is 0.228 e. The van der Waals surface area contributed by atoms with Gasteiger partial charge in [-0.05, 0) is 37.3 Å². The lowest BCUT2D eigenvalue weighted by atomic mass is 9.95. The summed E-state index contributed by atoms with van der Waals surface area (Å²) in [7, 11) is 0. The molecule has 0 radical (unpaired) electrons. The summed E-state index contributed by atoms with van der Waals surface area (Å²) in [5, 5.41) is 5.40. The first kappa shape index (κ1) is 22.4. The number of thiazole rings is 1. The maximum atomic E-state index is 13.7. The molecule has 2 aliphatic heterocycles. The van der Waals surface area contributed by atoms with E-state index in [9.17, 15) is 18.8 Å². The van der Waals surface area contributed by atoms with Crippen molar-refractivity contribution in [3.05, 3.63) is 46.7 Å². The van der Waals surface area contributed by atoms with Crippen LogP contribution in [-0.4, -0.2) is 53.8 Å². The first-order valence-electron chi connectivity index (χ1n) is 11.0. The third-order valence-corrected chi connectivity index (χ3v) is 6.96. The highest BCUT2D eigenvalue weighted by atomic mass is 32.1. The highest BCUT2D eigenvalue weighted by Gasteiger charge is 2.28. The van der Waals surface area contributed by atoms with Crippen molar-refractivity contribution in [3.63, 3.8) is 0 Å². The zero-order valence-corrected chi connectivity index (χ0v) is 18.7. The Kier molecular flexibility index (Phi) is 7.14. The molecule has 170 valence electrons. The quantitative estimate of drug-likeness (QED) is 0.691. The van der Waals surface area contributed by atoms with Crippen LogP contribution < -0.4 is 10.2 Å². The number of anilines is 1. The van der Waals surface area contributed by atoms with Crippen LogP contribution in [0, 0.1) is 11.7 Å². The summed E-state index contributed by atoms with van der Waals surface area (Å²) in [6.07, 6.45) is 3.29. The van der Waals surface area contributed by atoms with Crippen LogP contribution in [-0.2, 0) is 27.2 Å². The number of carbonyl (C=O) groups is 3. The first-order chi connectivity index (χ1) is 15.5. The van der Waals surface area contributed by atoms with Gasteiger partial charge in [-0.1, -0.05) is 18.2 Å². The Balaban J connectivity index is 1.20. The summed E-state index contributed by atoms with van der Waals surface area (Å²) in [4.78, 5) is 44.9. The average Bonchev–Trinajstić information content (AvgIpc) is 3.43. The molecule has 32 heavy (non-hydrogen) atoms. The molecule has 0 unspecified atom stereocenters. The van der Waals surface area contributed by atoms with Gasteiger partial charge in [-0.3, -0.25) is 19.3 Å². The van der Waals surface area contributed by atoms with Crippen LogP contribution in [0.1, 0.15) is 36.9 Å². The van der Waals surface area contributed by atoms with Crippen LogP contribution in [0.25, 0.3) is 0 Å². The molecule has 2 fully saturated rings. The number of piperidine rings is 1. The highest BCUT2D eigenvalue weighted by molar-refractivity contribution is 7.14. The van der Waals surface area contributed by atoms with Gasteiger partial charge >= 0.3 is 0 Å². The van der Waals surface area contributed by atoms with Crippen LogP contribution in [0.2, 0.25) is 0 Å². The topological polar surface area (TPSA) is 82.6 Å². The Morgan fingerprint density at radius 3 is 2.69 bits per heavy atom. The fourth-order valence-electron chi connectivity index (χ4n) is 4.18. The van der Waals surface area contributed by atoms with Gasteiger partial charge in [0.15, 0.2) is 5.13 Å². The molecule has 2 aromatic rings. The van der Waals surface area contributed by atoms with E-state index < -0.39 is 0 Å². The highest BCUT2D eigenvalue weighted by Crippen LogP contribution is 2.26. The molecule has 4 rings (SSSR count). The van der Waals surface area contributed by atoms with Gasteiger partial charge in [0, 0.05) is 43.9 Å². The Bertz CT molecular complexity index is 987. The zero-order valence-electron chi connectivity index (χ0n) is 17.9. The number of rotatable bonds is 7. The van der Waals surface area contributed by atoms with Crippen molar-refractivity contribution in [2.75, 3.05) is 31.1 Å². The van der Waals surface area contributed by atoms with E-state index in [4.69, 9.17) is 0 Å². The van der Waals surface area contributed by atoms with Crippen LogP contribution in [0.5, 0.6) is 0 Å². The van der Waals surface area contributed by atoms with Gasteiger partial charge in [0.25, 0.3) is 0 Å². The standard InChI is InChI=1S/C23H27FN4O3S/c24-19-5-2-1-4-16(19)7-10-25-22(31)17-8-12-27(13-9-17)21(30)14-18-15-32-23(26-18)28-11-3-6-20(28)29/h1-2,4-5,15,17H,3,6-14H2,(H,25,31). The van der Waals surface area contributed by atoms with Crippen molar-refractivity contribution < 1.29 is 18.8 Å². The van der Waals surface area contributed by atoms with E-state index in [1.54, 1.807) is 28.0 Å². The Morgan fingerprint density at radius 1 is 1.19 bits per heavy atom. The lowest BCUT2D eigenvalue weighted by molar-refractivity contribution is -0.135. The number of hydrogen-bond acceptors (Lipinski definition) is 5. The van der Waals surface area contributed by atoms with Gasteiger partial charge in [-0.15, -0.1) is 11.3 Å². The van der Waals surface area contributed by atoms with Gasteiger partial charge < -0.3 is 10.2 Å². The van der Waals surface area contributed by atoms with Crippen LogP contribution in [0.4, 0.5) is 9.52 Å². The van der Waals surface area contributed by atoms with E-state index in [-0.39, 0.29) is 35.9 Å². The molecule has 3 amide bonds. The number of amides is 3. The van der Waals surface area contributed by atoms with Crippen molar-refractivity contribution >= 4 is 34.2 Å². The molecular weight excluding hydrogens is 431 g/mol. The number of likely N-dealkylation sites (tertiary alicyclic amines) is 1. The molecule has 1 aromatic carbocycles. The smallest absolute Gasteiger partial charge is 0.228 e. The third-order valence-electron chi connectivity index (χ3n) is 6.05. The predicted molar refractivity (Wildman–Crippen MR) is 120 cm³/mol. The molecule has 9 heteroatoms. The van der Waals surface area contributed by atoms with Crippen molar-refractivity contribution in [2.24, 2.45) is 5.92 Å². The van der Waals surface area contributed by atoms with Crippen LogP contribution >= 0.6 is 11.3 Å². The van der Waals surface area contributed by atoms with Crippen molar-refractivity contribution in [1.82, 2.24) is 15.2 Å². The molecule has 0 aliphatic carbocycles. The second-order valence-electron chi connectivity index (χ2n) is 8.23. The molecule has 1 aromatic heterocycles. The van der Waals surface area contributed by atoms with E-state index in [1.165, 1.54) is 17.4 Å². The number of aromatic nitrogens is 1. The third kappa shape index (κ3) is 5.32. The molecule has 2 saturated heterocycles. The molecule has 3 heterocycles. The largest absolute Gasteiger partial charge is 0.356 e. The zero-order chi connectivity index (χ0) is 22.5. The molecule has 0 atom stereocenters. The van der Waals surface area contributed by atoms with E-state index in [0.717, 1.165) is 6.42 Å². The monoisotopic (exact) mass is 458 g/mol. The predicted octanol–water partition coefficient (Wildman–Crippen LogP) is 2.55. The number of hydrogen-bond donors (Lipinski definition) is 1. The fraction of sp³-hybridized carbons (Fsp3) is 0.478. The number of benzene rings is 1. The summed E-state index contributed by atoms with van der Waals surface area (Å²) >= 11 is 1.40. The van der Waals surface area contributed by atoms with Gasteiger partial charge in [0.1, 0.15) is 5.82 Å². The minimum Gasteiger partial charge on any atom is -0.356 e. The molecule has 2 aliphatic rings. The normalized spacial score (nSPS) is 17.1. The lowest BCUT2D eigenvalue weighted by Gasteiger charge is -2.31. The van der Waals surface area contributed by atoms with E-state index in [0.29, 0.717) is 68.3 Å². The van der Waals surface area contributed by atoms with Gasteiger partial charge in [0.2, 0.25) is 17.7 Å². The van der Waals surface area contributed by atoms with Gasteiger partial charge in [-0.2, -0.15) is 0 Å². The molecule has 0 bridgehead atoms. The summed E-state index contributed by atoms with van der Waals surface area (Å²) in [5.41, 5.74) is 1.27. The Morgan fingerprint density at radius 2 is 1.97 bits per heavy atom. The minimum atomic E-state index is -0.257. The second-order valence-corrected chi connectivity index (χ2v) is 9.07. The van der Waals surface area contributed by atoms with Crippen LogP contribution in [0.15, 0.2) is 29.6 Å². The second kappa shape index (κ2) is 10.2. The van der Waals surface area contributed by atoms with Crippen molar-refractivity contribution in [3.8, 4) is 0 Å². The molecule has 0 saturated carbocycles. The van der Waals surface area contributed by atoms with Crippen LogP contribution in [0.3, 0.4) is 0 Å². The fourth-order valence-corrected chi connectivity index (χ4v) is 5.04. The maximum absolute atomic E-state index is 13.7. The number of nitrogens with zero attached hydrogens (tertiary/aromatic N) is 3. The summed E-state index contributed by atoms with van der Waals surface area (Å²) in [6.45, 7) is 2.15. The average molecular weight is 459 g/mol. The summed E-state index contributed by atoms with van der Waals surface area (Å²) in [5.74, 6) is -0.341. The first-order valence-corrected chi connectivity index (χ1v) is 11.9. The Labute approximate surface area is 190 Å². The number of carbonyl (C=O) groups excluding carboxylic acids is 3. The summed E-state index contributed by atoms with van der Waals surface area (Å²) < 4.78 is 13.7. The van der Waals surface area contributed by atoms with E-state index in [2.05, 4.69) is 10.3 Å². The number of nitrogens with one attached hydrogen (secondary N) is 1. The Hall–Kier alpha value is -2.81. The molecule has 0 spiro atoms. The van der Waals surface area contributed by atoms with E-state index in [1.807, 2.05) is 5.38 Å². The minimum absolute atomic E-state index is 0.00647. The lowest BCUT2D eigenvalue weighted by Crippen LogP contribution is -2.43. The molecule has 7 nitrogen and oxygen atoms in total. The van der Waals surface area contributed by atoms with Gasteiger partial charge in [-0.25, -0.2) is 9.37 Å². The van der Waals surface area contributed by atoms with Crippen molar-refractivity contribution in [2.45, 2.75) is 38.5 Å². The molecule has 1 N–H and O–H groups in total. The van der Waals surface area contributed by atoms with E-state index >= 15 is 0 Å². The van der Waals surface area contributed by atoms with Crippen molar-refractivity contribution in [1.29, 1.82) is 0 Å². The summed E-state index contributed by atoms with van der Waals surface area (Å²) in [6, 6.07) is 6.57. The molecular formula is C23H27FN4O3S.